The third-order valence-electron chi connectivity index (χ3n) is 2.97. The Hall–Kier alpha value is -1.14. The van der Waals surface area contributed by atoms with Crippen LogP contribution in [0.4, 0.5) is 8.78 Å². The van der Waals surface area contributed by atoms with E-state index >= 15 is 0 Å². The number of hydrogen-bond acceptors (Lipinski definition) is 3. The van der Waals surface area contributed by atoms with E-state index in [0.717, 1.165) is 5.56 Å². The number of carboxylic acid groups (broad SMARTS) is 1. The van der Waals surface area contributed by atoms with E-state index < -0.39 is 17.6 Å². The Morgan fingerprint density at radius 1 is 1.29 bits per heavy atom. The minimum absolute atomic E-state index is 0.332. The molecule has 0 aliphatic rings. The number of carboxylic acids is 1. The highest BCUT2D eigenvalue weighted by Gasteiger charge is 2.18. The first-order chi connectivity index (χ1) is 9.88. The van der Waals surface area contributed by atoms with Crippen LogP contribution in [0.25, 0.3) is 0 Å². The second kappa shape index (κ2) is 9.00. The average molecular weight is 317 g/mol. The molecule has 0 radical (unpaired) electrons. The van der Waals surface area contributed by atoms with Crippen molar-refractivity contribution >= 4 is 17.7 Å². The molecule has 1 atom stereocenters. The van der Waals surface area contributed by atoms with Crippen molar-refractivity contribution in [3.8, 4) is 0 Å². The van der Waals surface area contributed by atoms with Gasteiger partial charge in [-0.25, -0.2) is 0 Å². The van der Waals surface area contributed by atoms with E-state index in [1.54, 1.807) is 24.3 Å². The maximum Gasteiger partial charge on any atom is 0.307 e. The Bertz CT molecular complexity index is 438. The molecule has 0 saturated heterocycles. The maximum atomic E-state index is 12.2. The molecule has 0 heterocycles. The number of rotatable bonds is 9. The first-order valence-electron chi connectivity index (χ1n) is 6.85. The highest BCUT2D eigenvalue weighted by molar-refractivity contribution is 7.99. The lowest BCUT2D eigenvalue weighted by Gasteiger charge is -2.15. The van der Waals surface area contributed by atoms with Gasteiger partial charge in [0.25, 0.3) is 5.76 Å². The van der Waals surface area contributed by atoms with Crippen LogP contribution in [0.15, 0.2) is 29.2 Å². The minimum atomic E-state index is -2.42. The lowest BCUT2D eigenvalue weighted by molar-refractivity contribution is -0.142. The summed E-state index contributed by atoms with van der Waals surface area (Å²) in [4.78, 5) is 11.6. The maximum absolute atomic E-state index is 12.2. The van der Waals surface area contributed by atoms with E-state index in [2.05, 4.69) is 5.32 Å². The molecule has 1 unspecified atom stereocenters. The molecule has 0 aliphatic carbocycles. The van der Waals surface area contributed by atoms with Gasteiger partial charge in [0.15, 0.2) is 0 Å². The molecule has 0 aromatic heterocycles. The number of alkyl halides is 2. The van der Waals surface area contributed by atoms with Gasteiger partial charge in [-0.05, 0) is 30.0 Å². The first kappa shape index (κ1) is 17.9. The fourth-order valence-corrected chi connectivity index (χ4v) is 2.52. The van der Waals surface area contributed by atoms with Crippen molar-refractivity contribution in [3.63, 3.8) is 0 Å². The zero-order valence-corrected chi connectivity index (χ0v) is 13.0. The Morgan fingerprint density at radius 2 is 1.90 bits per heavy atom. The monoisotopic (exact) mass is 317 g/mol. The first-order valence-corrected chi connectivity index (χ1v) is 7.73. The Labute approximate surface area is 128 Å². The number of hydrogen-bond donors (Lipinski definition) is 2. The van der Waals surface area contributed by atoms with Gasteiger partial charge in [-0.15, -0.1) is 0 Å². The van der Waals surface area contributed by atoms with Crippen molar-refractivity contribution < 1.29 is 18.7 Å². The van der Waals surface area contributed by atoms with E-state index in [4.69, 9.17) is 5.11 Å². The summed E-state index contributed by atoms with van der Waals surface area (Å²) in [7, 11) is 0. The van der Waals surface area contributed by atoms with E-state index in [-0.39, 0.29) is 0 Å². The molecule has 0 saturated carbocycles. The summed E-state index contributed by atoms with van der Waals surface area (Å²) in [5, 5.41) is 12.2. The summed E-state index contributed by atoms with van der Waals surface area (Å²) < 4.78 is 24.4. The third kappa shape index (κ3) is 7.43. The molecule has 0 amide bonds. The second-order valence-corrected chi connectivity index (χ2v) is 6.38. The van der Waals surface area contributed by atoms with Gasteiger partial charge in [0, 0.05) is 18.0 Å². The highest BCUT2D eigenvalue weighted by atomic mass is 32.2. The molecule has 118 valence electrons. The molecular formula is C15H21F2NO2S. The molecule has 0 bridgehead atoms. The molecule has 0 spiro atoms. The number of halogens is 2. The molecule has 3 nitrogen and oxygen atoms in total. The van der Waals surface area contributed by atoms with Crippen molar-refractivity contribution in [3.05, 3.63) is 29.8 Å². The molecule has 6 heteroatoms. The smallest absolute Gasteiger partial charge is 0.307 e. The van der Waals surface area contributed by atoms with Crippen LogP contribution in [0, 0.1) is 11.8 Å². The van der Waals surface area contributed by atoms with Crippen molar-refractivity contribution in [2.24, 2.45) is 11.8 Å². The lowest BCUT2D eigenvalue weighted by atomic mass is 9.97. The summed E-state index contributed by atoms with van der Waals surface area (Å²) in [6, 6.07) is 6.85. The number of benzene rings is 1. The number of thioether (sulfide) groups is 1. The van der Waals surface area contributed by atoms with Crippen molar-refractivity contribution in [1.82, 2.24) is 5.32 Å². The molecule has 1 aromatic carbocycles. The van der Waals surface area contributed by atoms with E-state index in [1.165, 1.54) is 0 Å². The van der Waals surface area contributed by atoms with Crippen LogP contribution < -0.4 is 5.32 Å². The molecular weight excluding hydrogens is 296 g/mol. The highest BCUT2D eigenvalue weighted by Crippen LogP contribution is 2.25. The zero-order valence-electron chi connectivity index (χ0n) is 12.2. The molecule has 2 N–H and O–H groups in total. The van der Waals surface area contributed by atoms with Gasteiger partial charge >= 0.3 is 5.97 Å². The Morgan fingerprint density at radius 3 is 2.38 bits per heavy atom. The van der Waals surface area contributed by atoms with Crippen molar-refractivity contribution in [2.45, 2.75) is 37.5 Å². The molecule has 1 rings (SSSR count). The fourth-order valence-electron chi connectivity index (χ4n) is 2.02. The summed E-state index contributed by atoms with van der Waals surface area (Å²) in [6.07, 6.45) is 0.631. The molecule has 1 aromatic rings. The predicted molar refractivity (Wildman–Crippen MR) is 80.6 cm³/mol. The van der Waals surface area contributed by atoms with Crippen molar-refractivity contribution in [1.29, 1.82) is 0 Å². The van der Waals surface area contributed by atoms with Crippen LogP contribution in [0.3, 0.4) is 0 Å². The summed E-state index contributed by atoms with van der Waals surface area (Å²) in [6.45, 7) is 4.92. The van der Waals surface area contributed by atoms with Crippen LogP contribution in [-0.4, -0.2) is 23.4 Å². The molecule has 21 heavy (non-hydrogen) atoms. The van der Waals surface area contributed by atoms with E-state index in [1.807, 2.05) is 13.8 Å². The lowest BCUT2D eigenvalue weighted by Crippen LogP contribution is -2.29. The van der Waals surface area contributed by atoms with Crippen LogP contribution in [0.5, 0.6) is 0 Å². The number of carbonyl (C=O) groups is 1. The topological polar surface area (TPSA) is 49.3 Å². The quantitative estimate of drug-likeness (QED) is 0.680. The Kier molecular flexibility index (Phi) is 7.67. The molecule has 0 fully saturated rings. The third-order valence-corrected chi connectivity index (χ3v) is 3.70. The number of nitrogens with one attached hydrogen (secondary N) is 1. The normalized spacial score (nSPS) is 12.9. The van der Waals surface area contributed by atoms with Crippen LogP contribution in [-0.2, 0) is 11.3 Å². The van der Waals surface area contributed by atoms with Crippen LogP contribution in [0.1, 0.15) is 25.8 Å². The SMILES string of the molecule is CC(C)CC(CNCc1ccc(SC(F)F)cc1)C(=O)O. The summed E-state index contributed by atoms with van der Waals surface area (Å²) in [5.41, 5.74) is 0.947. The van der Waals surface area contributed by atoms with Gasteiger partial charge in [-0.1, -0.05) is 37.7 Å². The standard InChI is InChI=1S/C15H21F2NO2S/c1-10(2)7-12(14(19)20)9-18-8-11-3-5-13(6-4-11)21-15(16)17/h3-6,10,12,15,18H,7-9H2,1-2H3,(H,19,20). The van der Waals surface area contributed by atoms with Gasteiger partial charge in [0.05, 0.1) is 5.92 Å². The van der Waals surface area contributed by atoms with Gasteiger partial charge in [-0.3, -0.25) is 4.79 Å². The average Bonchev–Trinajstić information content (AvgIpc) is 2.38. The predicted octanol–water partition coefficient (Wildman–Crippen LogP) is 3.84. The van der Waals surface area contributed by atoms with Gasteiger partial charge in [0.1, 0.15) is 0 Å². The minimum Gasteiger partial charge on any atom is -0.481 e. The Balaban J connectivity index is 2.42. The largest absolute Gasteiger partial charge is 0.481 e. The molecule has 0 aliphatic heterocycles. The van der Waals surface area contributed by atoms with Crippen LogP contribution in [0.2, 0.25) is 0 Å². The summed E-state index contributed by atoms with van der Waals surface area (Å²) in [5.74, 6) is -3.28. The van der Waals surface area contributed by atoms with Crippen molar-refractivity contribution in [2.75, 3.05) is 6.54 Å². The second-order valence-electron chi connectivity index (χ2n) is 5.32. The van der Waals surface area contributed by atoms with Crippen LogP contribution >= 0.6 is 11.8 Å². The van der Waals surface area contributed by atoms with E-state index in [9.17, 15) is 13.6 Å². The summed E-state index contributed by atoms with van der Waals surface area (Å²) >= 11 is 0.515. The van der Waals surface area contributed by atoms with Gasteiger partial charge < -0.3 is 10.4 Å². The van der Waals surface area contributed by atoms with Gasteiger partial charge in [0.2, 0.25) is 0 Å². The number of aliphatic carboxylic acids is 1. The zero-order chi connectivity index (χ0) is 15.8. The van der Waals surface area contributed by atoms with Gasteiger partial charge in [-0.2, -0.15) is 8.78 Å². The van der Waals surface area contributed by atoms with E-state index in [0.29, 0.717) is 42.1 Å². The fraction of sp³-hybridized carbons (Fsp3) is 0.533.